The SMILES string of the molecule is Cc1nc2sc(C(=O)NCCc3ccc(N4CCN(C(=O)OC(C)(C)C)CC4)cc3)c(N)c2cc1C1CC1. The summed E-state index contributed by atoms with van der Waals surface area (Å²) >= 11 is 1.37. The van der Waals surface area contributed by atoms with E-state index in [0.29, 0.717) is 36.1 Å². The van der Waals surface area contributed by atoms with Gasteiger partial charge in [-0.3, -0.25) is 4.79 Å². The molecule has 3 heterocycles. The number of hydrogen-bond acceptors (Lipinski definition) is 7. The molecule has 2 amide bonds. The fourth-order valence-corrected chi connectivity index (χ4v) is 5.91. The molecular weight excluding hydrogens is 498 g/mol. The molecule has 1 aromatic carbocycles. The lowest BCUT2D eigenvalue weighted by Gasteiger charge is -2.36. The molecule has 0 bridgehead atoms. The van der Waals surface area contributed by atoms with Crippen molar-refractivity contribution >= 4 is 44.9 Å². The monoisotopic (exact) mass is 535 g/mol. The highest BCUT2D eigenvalue weighted by Crippen LogP contribution is 2.44. The summed E-state index contributed by atoms with van der Waals surface area (Å²) in [7, 11) is 0. The van der Waals surface area contributed by atoms with Crippen molar-refractivity contribution in [2.75, 3.05) is 43.4 Å². The van der Waals surface area contributed by atoms with Crippen LogP contribution in [0.5, 0.6) is 0 Å². The van der Waals surface area contributed by atoms with E-state index in [2.05, 4.69) is 40.5 Å². The van der Waals surface area contributed by atoms with Gasteiger partial charge in [0.1, 0.15) is 15.3 Å². The zero-order valence-corrected chi connectivity index (χ0v) is 23.5. The van der Waals surface area contributed by atoms with E-state index in [4.69, 9.17) is 15.5 Å². The number of aryl methyl sites for hydroxylation is 1. The molecule has 1 saturated heterocycles. The molecular formula is C29H37N5O3S. The Hall–Kier alpha value is -3.33. The first-order valence-corrected chi connectivity index (χ1v) is 14.2. The van der Waals surface area contributed by atoms with Gasteiger partial charge in [0.05, 0.1) is 5.69 Å². The highest BCUT2D eigenvalue weighted by atomic mass is 32.1. The number of carbonyl (C=O) groups is 2. The molecule has 5 rings (SSSR count). The number of fused-ring (bicyclic) bond motifs is 1. The third-order valence-electron chi connectivity index (χ3n) is 7.11. The molecule has 0 atom stereocenters. The van der Waals surface area contributed by atoms with Crippen molar-refractivity contribution in [1.82, 2.24) is 15.2 Å². The number of benzene rings is 1. The zero-order valence-electron chi connectivity index (χ0n) is 22.7. The number of piperazine rings is 1. The van der Waals surface area contributed by atoms with Crippen molar-refractivity contribution in [1.29, 1.82) is 0 Å². The Labute approximate surface area is 228 Å². The van der Waals surface area contributed by atoms with Crippen LogP contribution in [-0.2, 0) is 11.2 Å². The number of nitrogens with one attached hydrogen (secondary N) is 1. The number of aromatic nitrogens is 1. The van der Waals surface area contributed by atoms with E-state index in [1.54, 1.807) is 4.90 Å². The maximum atomic E-state index is 12.9. The van der Waals surface area contributed by atoms with Gasteiger partial charge in [-0.25, -0.2) is 9.78 Å². The van der Waals surface area contributed by atoms with Gasteiger partial charge in [-0.2, -0.15) is 0 Å². The number of nitrogens with two attached hydrogens (primary N) is 1. The lowest BCUT2D eigenvalue weighted by Crippen LogP contribution is -2.50. The van der Waals surface area contributed by atoms with Crippen molar-refractivity contribution in [3.05, 3.63) is 52.0 Å². The van der Waals surface area contributed by atoms with Crippen LogP contribution in [0.4, 0.5) is 16.2 Å². The summed E-state index contributed by atoms with van der Waals surface area (Å²) in [6, 6.07) is 10.5. The average Bonchev–Trinajstić information content (AvgIpc) is 3.67. The van der Waals surface area contributed by atoms with E-state index >= 15 is 0 Å². The number of thiophene rings is 1. The van der Waals surface area contributed by atoms with Gasteiger partial charge in [0, 0.05) is 49.5 Å². The van der Waals surface area contributed by atoms with Crippen LogP contribution >= 0.6 is 11.3 Å². The van der Waals surface area contributed by atoms with Crippen LogP contribution in [0.2, 0.25) is 0 Å². The van der Waals surface area contributed by atoms with Gasteiger partial charge in [0.15, 0.2) is 0 Å². The Balaban J connectivity index is 1.12. The molecule has 2 fully saturated rings. The molecule has 9 heteroatoms. The van der Waals surface area contributed by atoms with Crippen molar-refractivity contribution in [3.63, 3.8) is 0 Å². The first kappa shape index (κ1) is 26.3. The van der Waals surface area contributed by atoms with Gasteiger partial charge >= 0.3 is 6.09 Å². The minimum Gasteiger partial charge on any atom is -0.444 e. The molecule has 38 heavy (non-hydrogen) atoms. The summed E-state index contributed by atoms with van der Waals surface area (Å²) in [4.78, 5) is 35.4. The van der Waals surface area contributed by atoms with Gasteiger partial charge in [-0.05, 0) is 82.2 Å². The number of nitrogens with zero attached hydrogens (tertiary/aromatic N) is 3. The molecule has 3 N–H and O–H groups in total. The summed E-state index contributed by atoms with van der Waals surface area (Å²) in [6.07, 6.45) is 2.89. The lowest BCUT2D eigenvalue weighted by atomic mass is 10.1. The summed E-state index contributed by atoms with van der Waals surface area (Å²) in [6.45, 7) is 11.0. The predicted molar refractivity (Wildman–Crippen MR) is 153 cm³/mol. The minimum absolute atomic E-state index is 0.143. The maximum absolute atomic E-state index is 12.9. The van der Waals surface area contributed by atoms with Crippen LogP contribution in [0.1, 0.15) is 66.0 Å². The first-order valence-electron chi connectivity index (χ1n) is 13.4. The first-order chi connectivity index (χ1) is 18.1. The second-order valence-corrected chi connectivity index (χ2v) is 12.3. The Bertz CT molecular complexity index is 1330. The van der Waals surface area contributed by atoms with Crippen LogP contribution in [0.15, 0.2) is 30.3 Å². The van der Waals surface area contributed by atoms with Crippen molar-refractivity contribution in [3.8, 4) is 0 Å². The number of amides is 2. The normalized spacial score (nSPS) is 16.1. The van der Waals surface area contributed by atoms with Gasteiger partial charge in [-0.1, -0.05) is 12.1 Å². The molecule has 3 aromatic rings. The molecule has 2 aliphatic rings. The fraction of sp³-hybridized carbons (Fsp3) is 0.483. The third kappa shape index (κ3) is 5.88. The van der Waals surface area contributed by atoms with Crippen molar-refractivity contribution in [2.24, 2.45) is 0 Å². The smallest absolute Gasteiger partial charge is 0.410 e. The number of nitrogen functional groups attached to an aromatic ring is 1. The Morgan fingerprint density at radius 2 is 1.82 bits per heavy atom. The van der Waals surface area contributed by atoms with E-state index < -0.39 is 5.60 Å². The van der Waals surface area contributed by atoms with Crippen molar-refractivity contribution < 1.29 is 14.3 Å². The number of hydrogen-bond donors (Lipinski definition) is 2. The number of pyridine rings is 1. The van der Waals surface area contributed by atoms with E-state index in [1.807, 2.05) is 27.7 Å². The molecule has 1 saturated carbocycles. The molecule has 0 radical (unpaired) electrons. The molecule has 1 aliphatic heterocycles. The van der Waals surface area contributed by atoms with E-state index in [1.165, 1.54) is 29.7 Å². The summed E-state index contributed by atoms with van der Waals surface area (Å²) < 4.78 is 5.49. The summed E-state index contributed by atoms with van der Waals surface area (Å²) in [5.41, 5.74) is 11.0. The lowest BCUT2D eigenvalue weighted by molar-refractivity contribution is 0.0240. The third-order valence-corrected chi connectivity index (χ3v) is 8.22. The topological polar surface area (TPSA) is 101 Å². The number of carbonyl (C=O) groups excluding carboxylic acids is 2. The summed E-state index contributed by atoms with van der Waals surface area (Å²) in [5.74, 6) is 0.451. The predicted octanol–water partition coefficient (Wildman–Crippen LogP) is 5.09. The highest BCUT2D eigenvalue weighted by molar-refractivity contribution is 7.21. The quantitative estimate of drug-likeness (QED) is 0.456. The van der Waals surface area contributed by atoms with E-state index in [0.717, 1.165) is 46.7 Å². The fourth-order valence-electron chi connectivity index (χ4n) is 4.87. The largest absolute Gasteiger partial charge is 0.444 e. The Morgan fingerprint density at radius 3 is 2.45 bits per heavy atom. The van der Waals surface area contributed by atoms with Gasteiger partial charge in [-0.15, -0.1) is 11.3 Å². The average molecular weight is 536 g/mol. The van der Waals surface area contributed by atoms with E-state index in [9.17, 15) is 9.59 Å². The minimum atomic E-state index is -0.482. The molecule has 1 aliphatic carbocycles. The molecule has 8 nitrogen and oxygen atoms in total. The van der Waals surface area contributed by atoms with Crippen LogP contribution < -0.4 is 16.0 Å². The van der Waals surface area contributed by atoms with Crippen LogP contribution in [0, 0.1) is 6.92 Å². The van der Waals surface area contributed by atoms with Gasteiger partial charge in [0.2, 0.25) is 0 Å². The van der Waals surface area contributed by atoms with Gasteiger partial charge in [0.25, 0.3) is 5.91 Å². The molecule has 202 valence electrons. The van der Waals surface area contributed by atoms with Crippen LogP contribution in [0.3, 0.4) is 0 Å². The van der Waals surface area contributed by atoms with Crippen LogP contribution in [-0.4, -0.2) is 60.2 Å². The van der Waals surface area contributed by atoms with Gasteiger partial charge < -0.3 is 25.6 Å². The number of ether oxygens (including phenoxy) is 1. The maximum Gasteiger partial charge on any atom is 0.410 e. The Kier molecular flexibility index (Phi) is 7.22. The highest BCUT2D eigenvalue weighted by Gasteiger charge is 2.28. The molecule has 2 aromatic heterocycles. The summed E-state index contributed by atoms with van der Waals surface area (Å²) in [5, 5.41) is 3.93. The van der Waals surface area contributed by atoms with Crippen LogP contribution in [0.25, 0.3) is 10.2 Å². The van der Waals surface area contributed by atoms with Crippen molar-refractivity contribution in [2.45, 2.75) is 58.5 Å². The standard InChI is InChI=1S/C29H37N5O3S/c1-18-22(20-7-8-20)17-23-24(30)25(38-27(23)32-18)26(35)31-12-11-19-5-9-21(10-6-19)33-13-15-34(16-14-33)28(36)37-29(2,3)4/h5-6,9-10,17,20H,7-8,11-16,30H2,1-4H3,(H,31,35). The second-order valence-electron chi connectivity index (χ2n) is 11.3. The van der Waals surface area contributed by atoms with E-state index in [-0.39, 0.29) is 12.0 Å². The molecule has 0 spiro atoms. The Morgan fingerprint density at radius 1 is 1.13 bits per heavy atom. The number of anilines is 2. The number of rotatable bonds is 6. The zero-order chi connectivity index (χ0) is 27.0. The molecule has 0 unspecified atom stereocenters. The second kappa shape index (κ2) is 10.4.